The first kappa shape index (κ1) is 19.7. The Morgan fingerprint density at radius 1 is 0.586 bits per heavy atom. The van der Waals surface area contributed by atoms with Gasteiger partial charge in [-0.15, -0.1) is 0 Å². The molecule has 0 aliphatic carbocycles. The fraction of sp³-hybridized carbons (Fsp3) is 0.273. The molecule has 0 N–H and O–H groups in total. The first-order valence-corrected chi connectivity index (χ1v) is 9.33. The summed E-state index contributed by atoms with van der Waals surface area (Å²) < 4.78 is 0. The third kappa shape index (κ3) is 3.25. The maximum absolute atomic E-state index is 4.72. The molecule has 0 spiro atoms. The average Bonchev–Trinajstić information content (AvgIpc) is 3.42. The monoisotopic (exact) mass is 563 g/mol. The molecule has 0 atom stereocenters. The van der Waals surface area contributed by atoms with E-state index in [1.54, 1.807) is 0 Å². The maximum atomic E-state index is 4.72. The maximum Gasteiger partial charge on any atom is 2.00 e. The minimum atomic E-state index is -0.351. The van der Waals surface area contributed by atoms with Gasteiger partial charge in [0.25, 0.3) is 0 Å². The number of amidine groups is 2. The molecule has 2 aromatic heterocycles. The summed E-state index contributed by atoms with van der Waals surface area (Å²) in [5.41, 5.74) is 2.98. The van der Waals surface area contributed by atoms with E-state index in [-0.39, 0.29) is 31.9 Å². The predicted molar refractivity (Wildman–Crippen MR) is 113 cm³/mol. The molecule has 148 valence electrons. The van der Waals surface area contributed by atoms with Crippen LogP contribution in [-0.2, 0) is 31.9 Å². The van der Waals surface area contributed by atoms with Gasteiger partial charge in [-0.05, 0) is 24.3 Å². The van der Waals surface area contributed by atoms with Crippen molar-refractivity contribution < 1.29 is 21.1 Å². The minimum Gasteiger partial charge on any atom is -0.439 e. The van der Waals surface area contributed by atoms with Gasteiger partial charge in [0.1, 0.15) is 0 Å². The summed E-state index contributed by atoms with van der Waals surface area (Å²) >= 11 is 0. The summed E-state index contributed by atoms with van der Waals surface area (Å²) in [6.07, 6.45) is 7.85. The predicted octanol–water partition coefficient (Wildman–Crippen LogP) is 3.95. The van der Waals surface area contributed by atoms with E-state index in [1.165, 1.54) is 0 Å². The van der Waals surface area contributed by atoms with E-state index in [4.69, 9.17) is 20.0 Å². The second kappa shape index (κ2) is 6.74. The average molecular weight is 564 g/mol. The second-order valence-corrected chi connectivity index (χ2v) is 8.23. The van der Waals surface area contributed by atoms with Crippen molar-refractivity contribution in [2.45, 2.75) is 38.5 Å². The van der Waals surface area contributed by atoms with Gasteiger partial charge < -0.3 is 20.0 Å². The van der Waals surface area contributed by atoms with E-state index in [2.05, 4.69) is 37.7 Å². The molecule has 3 aliphatic heterocycles. The van der Waals surface area contributed by atoms with Crippen LogP contribution < -0.4 is 9.97 Å². The Balaban J connectivity index is 0.00000205. The molecule has 6 nitrogen and oxygen atoms in total. The van der Waals surface area contributed by atoms with E-state index in [0.29, 0.717) is 23.3 Å². The molecule has 8 bridgehead atoms. The van der Waals surface area contributed by atoms with Gasteiger partial charge in [-0.1, -0.05) is 75.0 Å². The Kier molecular flexibility index (Phi) is 4.58. The normalized spacial score (nSPS) is 24.1. The van der Waals surface area contributed by atoms with Crippen LogP contribution in [-0.4, -0.2) is 23.1 Å². The molecule has 2 aromatic rings. The van der Waals surface area contributed by atoms with Gasteiger partial charge in [-0.25, -0.2) is 0 Å². The van der Waals surface area contributed by atoms with E-state index in [1.807, 2.05) is 48.6 Å². The molecule has 5 rings (SSSR count). The first-order valence-electron chi connectivity index (χ1n) is 9.33. The second-order valence-electron chi connectivity index (χ2n) is 8.23. The summed E-state index contributed by atoms with van der Waals surface area (Å²) in [5.74, 6) is 2.62. The number of aliphatic imine (C=N–C) groups is 4. The number of allylic oxidation sites excluding steroid dienone is 2. The molecule has 0 amide bonds. The van der Waals surface area contributed by atoms with Gasteiger partial charge in [0.15, 0.2) is 0 Å². The molecule has 0 radical (unpaired) electrons. The van der Waals surface area contributed by atoms with Crippen LogP contribution in [0.25, 0.3) is 0 Å². The molecular formula is C22H20N6Pt. The van der Waals surface area contributed by atoms with Crippen LogP contribution in [0.1, 0.15) is 39.1 Å². The van der Waals surface area contributed by atoms with Crippen LogP contribution >= 0.6 is 0 Å². The molecule has 0 aromatic carbocycles. The smallest absolute Gasteiger partial charge is 0.439 e. The Morgan fingerprint density at radius 2 is 1.00 bits per heavy atom. The van der Waals surface area contributed by atoms with E-state index in [9.17, 15) is 0 Å². The fourth-order valence-corrected chi connectivity index (χ4v) is 3.54. The van der Waals surface area contributed by atoms with Crippen molar-refractivity contribution in [2.75, 3.05) is 0 Å². The van der Waals surface area contributed by atoms with Crippen molar-refractivity contribution in [3.8, 4) is 0 Å². The molecule has 0 saturated heterocycles. The van der Waals surface area contributed by atoms with Crippen LogP contribution in [0.15, 0.2) is 68.5 Å². The van der Waals surface area contributed by atoms with Crippen LogP contribution in [0, 0.1) is 0 Å². The van der Waals surface area contributed by atoms with Crippen molar-refractivity contribution in [3.63, 3.8) is 0 Å². The van der Waals surface area contributed by atoms with Gasteiger partial charge in [-0.2, -0.15) is 0 Å². The topological polar surface area (TPSA) is 77.6 Å². The number of aromatic nitrogens is 2. The quantitative estimate of drug-likeness (QED) is 0.487. The molecule has 0 fully saturated rings. The van der Waals surface area contributed by atoms with Crippen LogP contribution in [0.5, 0.6) is 0 Å². The number of nitrogens with zero attached hydrogens (tertiary/aromatic N) is 6. The summed E-state index contributed by atoms with van der Waals surface area (Å²) in [6.45, 7) is 8.42. The summed E-state index contributed by atoms with van der Waals surface area (Å²) in [6, 6.07) is 7.85. The molecule has 3 aliphatic rings. The Hall–Kier alpha value is -2.59. The van der Waals surface area contributed by atoms with Crippen LogP contribution in [0.3, 0.4) is 0 Å². The summed E-state index contributed by atoms with van der Waals surface area (Å²) in [4.78, 5) is 28.1. The van der Waals surface area contributed by atoms with Crippen molar-refractivity contribution in [3.05, 3.63) is 60.0 Å². The zero-order valence-electron chi connectivity index (χ0n) is 16.6. The van der Waals surface area contributed by atoms with Gasteiger partial charge in [0.05, 0.1) is 23.1 Å². The van der Waals surface area contributed by atoms with Crippen molar-refractivity contribution in [2.24, 2.45) is 20.0 Å². The van der Waals surface area contributed by atoms with Crippen molar-refractivity contribution in [1.29, 1.82) is 0 Å². The van der Waals surface area contributed by atoms with Crippen LogP contribution in [0.4, 0.5) is 11.6 Å². The van der Waals surface area contributed by atoms with Gasteiger partial charge in [0.2, 0.25) is 0 Å². The largest absolute Gasteiger partial charge is 2.00 e. The zero-order valence-corrected chi connectivity index (χ0v) is 18.9. The summed E-state index contributed by atoms with van der Waals surface area (Å²) in [7, 11) is 0. The van der Waals surface area contributed by atoms with E-state index in [0.717, 1.165) is 22.8 Å². The number of hydrogen-bond acceptors (Lipinski definition) is 4. The third-order valence-corrected chi connectivity index (χ3v) is 5.52. The molecule has 29 heavy (non-hydrogen) atoms. The SMILES string of the molecule is CC1(C)C2=N/C(=N\c3ccc([n-]3)C(C)(C)C3=N/C(=N\c4ccc1[n-]4)C=C3)C=C2.[Pt+2]. The van der Waals surface area contributed by atoms with Gasteiger partial charge in [-0.3, -0.25) is 9.98 Å². The third-order valence-electron chi connectivity index (χ3n) is 5.52. The standard InChI is InChI=1S/C22H20N6.Pt/c1-21(2)13-5-9-17(23-13)27-19-11-7-15(25-19)22(3,4)16-8-12-20(26-16)28-18-10-6-14(21)24-18;/h5-12H,1-4H3;/q-2;+2/b27-17-,28-20-;. The first-order chi connectivity index (χ1) is 13.3. The van der Waals surface area contributed by atoms with Crippen LogP contribution in [0.2, 0.25) is 0 Å². The Labute approximate surface area is 184 Å². The molecule has 5 heterocycles. The molecular weight excluding hydrogens is 543 g/mol. The summed E-state index contributed by atoms with van der Waals surface area (Å²) in [5, 5.41) is 0. The van der Waals surface area contributed by atoms with E-state index < -0.39 is 0 Å². The van der Waals surface area contributed by atoms with Crippen molar-refractivity contribution in [1.82, 2.24) is 9.97 Å². The minimum absolute atomic E-state index is 0. The molecule has 7 heteroatoms. The fourth-order valence-electron chi connectivity index (χ4n) is 3.54. The molecule has 0 saturated carbocycles. The zero-order chi connectivity index (χ0) is 19.5. The molecule has 0 unspecified atom stereocenters. The number of hydrogen-bond donors (Lipinski definition) is 0. The van der Waals surface area contributed by atoms with Gasteiger partial charge >= 0.3 is 21.1 Å². The van der Waals surface area contributed by atoms with Gasteiger partial charge in [0, 0.05) is 10.8 Å². The number of rotatable bonds is 0. The van der Waals surface area contributed by atoms with E-state index >= 15 is 0 Å². The Morgan fingerprint density at radius 3 is 1.41 bits per heavy atom. The van der Waals surface area contributed by atoms with Crippen molar-refractivity contribution >= 4 is 34.7 Å². The number of fused-ring (bicyclic) bond motifs is 6. The Bertz CT molecular complexity index is 1070.